The molecule has 0 saturated carbocycles. The minimum Gasteiger partial charge on any atom is -0.370 e. The number of hydrogen-bond donors (Lipinski definition) is 15. The molecular formula is C68H111N15O14. The van der Waals surface area contributed by atoms with Crippen molar-refractivity contribution in [1.29, 1.82) is 0 Å². The maximum atomic E-state index is 14.7. The number of para-hydroxylation sites is 1. The van der Waals surface area contributed by atoms with E-state index in [4.69, 9.17) is 11.6 Å². The fraction of sp³-hybridized carbons (Fsp3) is 0.647. The van der Waals surface area contributed by atoms with Gasteiger partial charge in [-0.05, 0) is 152 Å². The van der Waals surface area contributed by atoms with Gasteiger partial charge in [-0.2, -0.15) is 0 Å². The zero-order chi connectivity index (χ0) is 73.3. The zero-order valence-corrected chi connectivity index (χ0v) is 59.1. The molecule has 29 nitrogen and oxygen atoms in total. The second-order valence-electron chi connectivity index (χ2n) is 26.1. The first-order valence-electron chi connectivity index (χ1n) is 33.7. The van der Waals surface area contributed by atoms with Gasteiger partial charge in [-0.3, -0.25) is 83.6 Å². The summed E-state index contributed by atoms with van der Waals surface area (Å²) in [6, 6.07) is -3.70. The molecule has 97 heavy (non-hydrogen) atoms. The van der Waals surface area contributed by atoms with Gasteiger partial charge in [0.15, 0.2) is 5.78 Å². The van der Waals surface area contributed by atoms with Gasteiger partial charge in [-0.15, -0.1) is 0 Å². The normalized spacial score (nSPS) is 23.4. The third-order valence-electron chi connectivity index (χ3n) is 17.0. The third kappa shape index (κ3) is 29.0. The van der Waals surface area contributed by atoms with Gasteiger partial charge in [0.2, 0.25) is 70.4 Å². The minimum atomic E-state index is -1.67. The molecule has 2 heterocycles. The smallest absolute Gasteiger partial charge is 0.246 e. The van der Waals surface area contributed by atoms with E-state index >= 15 is 0 Å². The summed E-state index contributed by atoms with van der Waals surface area (Å²) in [5.41, 5.74) is 11.0. The number of nitrogens with two attached hydrogens (primary N) is 3. The summed E-state index contributed by atoms with van der Waals surface area (Å²) >= 11 is 0. The van der Waals surface area contributed by atoms with Crippen molar-refractivity contribution in [2.75, 3.05) is 26.7 Å². The predicted octanol–water partition coefficient (Wildman–Crippen LogP) is 0.528. The monoisotopic (exact) mass is 1360 g/mol. The Bertz CT molecular complexity index is 3060. The quantitative estimate of drug-likeness (QED) is 0.0295. The number of ketones is 6. The predicted molar refractivity (Wildman–Crippen MR) is 368 cm³/mol. The first-order chi connectivity index (χ1) is 45.6. The van der Waals surface area contributed by atoms with Crippen molar-refractivity contribution in [3.05, 3.63) is 48.2 Å². The molecular weight excluding hydrogens is 1250 g/mol. The van der Waals surface area contributed by atoms with Crippen molar-refractivity contribution in [3.8, 4) is 0 Å². The lowest BCUT2D eigenvalue weighted by Gasteiger charge is -2.33. The average molecular weight is 1360 g/mol. The van der Waals surface area contributed by atoms with Crippen molar-refractivity contribution >= 4 is 92.9 Å². The van der Waals surface area contributed by atoms with E-state index < -0.39 is 142 Å². The topological polar surface area (TPSA) is 465 Å². The molecule has 2 aromatic rings. The van der Waals surface area contributed by atoms with Crippen LogP contribution in [0.15, 0.2) is 42.6 Å². The number of benzene rings is 1. The standard InChI is InChI=1S/C67H106N14O14.CH5N/c1-38(2)32-48-36-71-51(28-29-54(68)84)58(88)56(86)41(5)75-64(94)52(33-47-35-70-50-27-23-22-26-49(47)50)72-37-53(83)66(11,73-34-39(3)82)30-24-20-18-16-14-13-15-17-19-21-25-31-67(12,80-63(48)93)65(95)79-46(10)62(92)78-45(9)61(91)77-44(8)60(90)76-43(7)59(89)74-40(4)55(85)57(87)42(6)81-69;1-2/h17,19,22-23,26-27,35,38,40-46,48,51-52,70-73,81H,13-16,18,20-21,24-25,28-34,36-37,69H2,1-12H3,(H2,68,84)(H,74,89)(H,75,94)(H,76,90)(H,77,91)(H,78,92)(H,79,95)(H,80,93);2H2,1H3/b19-17+;/t40-,41?,42-,43?,44-,45?,46-,48+,51-,52-,66+,67-;/m0./s1. The Morgan fingerprint density at radius 1 is 0.629 bits per heavy atom. The number of carbonyl (C=O) groups excluding carboxylic acids is 14. The molecule has 1 aromatic carbocycles. The second-order valence-corrected chi connectivity index (χ2v) is 26.1. The van der Waals surface area contributed by atoms with Crippen LogP contribution in [0.5, 0.6) is 0 Å². The highest BCUT2D eigenvalue weighted by atomic mass is 16.2. The largest absolute Gasteiger partial charge is 0.370 e. The van der Waals surface area contributed by atoms with E-state index in [2.05, 4.69) is 75.4 Å². The fourth-order valence-electron chi connectivity index (χ4n) is 10.8. The summed E-state index contributed by atoms with van der Waals surface area (Å²) in [5.74, 6) is -6.12. The number of hydrogen-bond acceptors (Lipinski definition) is 20. The first-order valence-corrected chi connectivity index (χ1v) is 33.7. The van der Waals surface area contributed by atoms with Crippen LogP contribution < -0.4 is 75.9 Å². The molecule has 1 aliphatic heterocycles. The molecule has 18 N–H and O–H groups in total. The Labute approximate surface area is 570 Å². The maximum Gasteiger partial charge on any atom is 0.246 e. The minimum absolute atomic E-state index is 0.0426. The molecule has 0 fully saturated rings. The van der Waals surface area contributed by atoms with E-state index in [9.17, 15) is 67.1 Å². The molecule has 0 saturated heterocycles. The second kappa shape index (κ2) is 42.7. The van der Waals surface area contributed by atoms with Gasteiger partial charge in [0.05, 0.1) is 54.8 Å². The van der Waals surface area contributed by atoms with E-state index in [0.717, 1.165) is 55.0 Å². The molecule has 1 aliphatic rings. The van der Waals surface area contributed by atoms with Crippen LogP contribution >= 0.6 is 0 Å². The molecule has 0 spiro atoms. The van der Waals surface area contributed by atoms with Crippen LogP contribution in [0.25, 0.3) is 10.9 Å². The average Bonchev–Trinajstić information content (AvgIpc) is 1.75. The SMILES string of the molecule is CC(=O)CN[C@]1(C)CCCCCCCC/C=C/CCC[C@@](C)(C(=O)N[C@@H](C)C(=O)NC(C)C(=O)N[C@@H](C)C(=O)NC(C)C(=O)N[C@@H](C)C(=O)C(=O)[C@H](C)NN)NC(=O)[C@H](CC(C)C)CN[C@@H](CCC(N)=O)C(=O)C(=O)C(C)NC(=O)[C@H](Cc2c[nH]c3ccccc23)NCC1=O.CN. The Hall–Kier alpha value is -7.96. The summed E-state index contributed by atoms with van der Waals surface area (Å²) in [7, 11) is 1.50. The van der Waals surface area contributed by atoms with Crippen LogP contribution in [0.4, 0.5) is 0 Å². The highest BCUT2D eigenvalue weighted by Crippen LogP contribution is 2.23. The van der Waals surface area contributed by atoms with Crippen LogP contribution in [0.2, 0.25) is 0 Å². The molecule has 3 unspecified atom stereocenters. The molecule has 0 radical (unpaired) electrons. The van der Waals surface area contributed by atoms with Crippen LogP contribution in [0.3, 0.4) is 0 Å². The number of nitrogens with one attached hydrogen (secondary N) is 12. The number of Topliss-reactive ketones (excluding diaryl/α,β-unsaturated/α-hetero) is 6. The number of hydrazine groups is 1. The van der Waals surface area contributed by atoms with Crippen molar-refractivity contribution in [2.24, 2.45) is 29.1 Å². The lowest BCUT2D eigenvalue weighted by molar-refractivity contribution is -0.140. The number of aromatic nitrogens is 1. The molecule has 0 aliphatic carbocycles. The summed E-state index contributed by atoms with van der Waals surface area (Å²) in [6.45, 7) is 17.2. The van der Waals surface area contributed by atoms with E-state index in [1.165, 1.54) is 69.4 Å². The summed E-state index contributed by atoms with van der Waals surface area (Å²) in [6.07, 6.45) is 12.9. The number of amides is 8. The van der Waals surface area contributed by atoms with Gasteiger partial charge in [0.25, 0.3) is 0 Å². The maximum absolute atomic E-state index is 14.7. The van der Waals surface area contributed by atoms with Gasteiger partial charge in [-0.25, -0.2) is 5.43 Å². The van der Waals surface area contributed by atoms with Gasteiger partial charge in [0, 0.05) is 30.1 Å². The van der Waals surface area contributed by atoms with Crippen LogP contribution in [0, 0.1) is 11.8 Å². The van der Waals surface area contributed by atoms with Crippen molar-refractivity contribution in [3.63, 3.8) is 0 Å². The first kappa shape index (κ1) is 85.1. The number of aromatic amines is 1. The van der Waals surface area contributed by atoms with E-state index in [-0.39, 0.29) is 69.2 Å². The number of rotatable bonds is 24. The van der Waals surface area contributed by atoms with E-state index in [1.54, 1.807) is 13.1 Å². The number of H-pyrrole nitrogens is 1. The molecule has 3 rings (SSSR count). The van der Waals surface area contributed by atoms with Gasteiger partial charge < -0.3 is 59.0 Å². The Balaban J connectivity index is 0.0000158. The number of allylic oxidation sites excluding steroid dienone is 2. The summed E-state index contributed by atoms with van der Waals surface area (Å²) in [4.78, 5) is 192. The molecule has 0 bridgehead atoms. The Morgan fingerprint density at radius 2 is 1.15 bits per heavy atom. The van der Waals surface area contributed by atoms with Crippen molar-refractivity contribution < 1.29 is 67.1 Å². The molecule has 12 atom stereocenters. The van der Waals surface area contributed by atoms with Gasteiger partial charge in [-0.1, -0.05) is 76.3 Å². The summed E-state index contributed by atoms with van der Waals surface area (Å²) in [5, 5.41) is 28.2. The highest BCUT2D eigenvalue weighted by Gasteiger charge is 2.40. The molecule has 1 aromatic heterocycles. The molecule has 542 valence electrons. The lowest BCUT2D eigenvalue weighted by Crippen LogP contribution is -2.62. The molecule has 8 amide bonds. The zero-order valence-electron chi connectivity index (χ0n) is 59.1. The van der Waals surface area contributed by atoms with E-state index in [1.807, 2.05) is 44.2 Å². The van der Waals surface area contributed by atoms with E-state index in [0.29, 0.717) is 25.7 Å². The van der Waals surface area contributed by atoms with Gasteiger partial charge in [0.1, 0.15) is 35.5 Å². The van der Waals surface area contributed by atoms with Crippen molar-refractivity contribution in [2.45, 2.75) is 245 Å². The number of fused-ring (bicyclic) bond motifs is 1. The number of carbonyl (C=O) groups is 14. The van der Waals surface area contributed by atoms with Crippen molar-refractivity contribution in [1.82, 2.24) is 63.6 Å². The van der Waals surface area contributed by atoms with Crippen LogP contribution in [0.1, 0.15) is 179 Å². The Morgan fingerprint density at radius 3 is 1.71 bits per heavy atom. The molecule has 29 heteroatoms. The number of primary amides is 1. The lowest BCUT2D eigenvalue weighted by atomic mass is 9.88. The van der Waals surface area contributed by atoms with Gasteiger partial charge >= 0.3 is 0 Å². The highest BCUT2D eigenvalue weighted by molar-refractivity contribution is 6.41. The van der Waals surface area contributed by atoms with Crippen LogP contribution in [-0.4, -0.2) is 179 Å². The Kier molecular flexibility index (Phi) is 37.4. The fourth-order valence-corrected chi connectivity index (χ4v) is 10.8. The summed E-state index contributed by atoms with van der Waals surface area (Å²) < 4.78 is 0. The third-order valence-corrected chi connectivity index (χ3v) is 17.0. The van der Waals surface area contributed by atoms with Crippen LogP contribution in [-0.2, 0) is 73.5 Å².